The van der Waals surface area contributed by atoms with Crippen molar-refractivity contribution in [2.24, 2.45) is 7.05 Å². The molecule has 0 radical (unpaired) electrons. The Kier molecular flexibility index (Phi) is 5.95. The maximum atomic E-state index is 12.0. The minimum Gasteiger partial charge on any atom is -0.494 e. The van der Waals surface area contributed by atoms with Crippen molar-refractivity contribution in [3.63, 3.8) is 0 Å². The van der Waals surface area contributed by atoms with Gasteiger partial charge in [0.25, 0.3) is 5.91 Å². The van der Waals surface area contributed by atoms with E-state index in [1.54, 1.807) is 37.4 Å². The first-order valence-corrected chi connectivity index (χ1v) is 7.81. The summed E-state index contributed by atoms with van der Waals surface area (Å²) in [6.45, 7) is 4.59. The summed E-state index contributed by atoms with van der Waals surface area (Å²) >= 11 is 0. The van der Waals surface area contributed by atoms with Crippen LogP contribution < -0.4 is 15.4 Å². The molecule has 2 rings (SSSR count). The Morgan fingerprint density at radius 1 is 1.25 bits per heavy atom. The van der Waals surface area contributed by atoms with Gasteiger partial charge in [0.05, 0.1) is 12.3 Å². The van der Waals surface area contributed by atoms with E-state index in [0.717, 1.165) is 11.4 Å². The fourth-order valence-corrected chi connectivity index (χ4v) is 2.23. The summed E-state index contributed by atoms with van der Waals surface area (Å²) in [5, 5.41) is 9.61. The highest BCUT2D eigenvalue weighted by atomic mass is 16.5. The minimum atomic E-state index is -0.244. The normalized spacial score (nSPS) is 10.3. The Morgan fingerprint density at radius 2 is 1.96 bits per heavy atom. The van der Waals surface area contributed by atoms with Gasteiger partial charge in [-0.25, -0.2) is 0 Å². The van der Waals surface area contributed by atoms with Crippen LogP contribution in [-0.2, 0) is 11.8 Å². The molecule has 7 nitrogen and oxygen atoms in total. The highest BCUT2D eigenvalue weighted by Crippen LogP contribution is 2.15. The molecule has 0 fully saturated rings. The molecule has 24 heavy (non-hydrogen) atoms. The van der Waals surface area contributed by atoms with Crippen LogP contribution in [0.15, 0.2) is 30.3 Å². The first-order chi connectivity index (χ1) is 11.5. The number of amides is 2. The van der Waals surface area contributed by atoms with Crippen molar-refractivity contribution in [1.29, 1.82) is 0 Å². The first kappa shape index (κ1) is 17.5. The van der Waals surface area contributed by atoms with Gasteiger partial charge in [0.1, 0.15) is 11.4 Å². The van der Waals surface area contributed by atoms with Crippen molar-refractivity contribution in [3.05, 3.63) is 41.7 Å². The lowest BCUT2D eigenvalue weighted by Crippen LogP contribution is -2.29. The van der Waals surface area contributed by atoms with Crippen LogP contribution in [0.2, 0.25) is 0 Å². The molecule has 0 saturated carbocycles. The van der Waals surface area contributed by atoms with Crippen molar-refractivity contribution in [1.82, 2.24) is 15.1 Å². The number of hydrogen-bond donors (Lipinski definition) is 2. The molecule has 2 N–H and O–H groups in total. The maximum absolute atomic E-state index is 12.0. The predicted molar refractivity (Wildman–Crippen MR) is 91.1 cm³/mol. The maximum Gasteiger partial charge on any atom is 0.269 e. The van der Waals surface area contributed by atoms with Gasteiger partial charge in [-0.05, 0) is 44.2 Å². The monoisotopic (exact) mass is 330 g/mol. The van der Waals surface area contributed by atoms with E-state index in [2.05, 4.69) is 15.7 Å². The quantitative estimate of drug-likeness (QED) is 0.812. The number of anilines is 1. The highest BCUT2D eigenvalue weighted by molar-refractivity contribution is 5.94. The lowest BCUT2D eigenvalue weighted by atomic mass is 10.3. The second-order valence-corrected chi connectivity index (χ2v) is 5.31. The van der Waals surface area contributed by atoms with E-state index in [1.807, 2.05) is 13.8 Å². The van der Waals surface area contributed by atoms with Gasteiger partial charge in [0.2, 0.25) is 5.91 Å². The number of carbonyl (C=O) groups excluding carboxylic acids is 2. The van der Waals surface area contributed by atoms with Crippen LogP contribution in [0.25, 0.3) is 0 Å². The zero-order chi connectivity index (χ0) is 17.5. The van der Waals surface area contributed by atoms with E-state index >= 15 is 0 Å². The van der Waals surface area contributed by atoms with E-state index < -0.39 is 0 Å². The van der Waals surface area contributed by atoms with Gasteiger partial charge in [0, 0.05) is 25.7 Å². The Morgan fingerprint density at radius 3 is 2.54 bits per heavy atom. The number of ether oxygens (including phenoxy) is 1. The second-order valence-electron chi connectivity index (χ2n) is 5.31. The predicted octanol–water partition coefficient (Wildman–Crippen LogP) is 1.89. The van der Waals surface area contributed by atoms with Crippen molar-refractivity contribution in [2.45, 2.75) is 20.3 Å². The van der Waals surface area contributed by atoms with Crippen LogP contribution in [0.3, 0.4) is 0 Å². The molecule has 0 atom stereocenters. The van der Waals surface area contributed by atoms with Crippen LogP contribution in [0, 0.1) is 6.92 Å². The number of aromatic nitrogens is 2. The van der Waals surface area contributed by atoms with Crippen LogP contribution >= 0.6 is 0 Å². The number of nitrogens with zero attached hydrogens (tertiary/aromatic N) is 2. The van der Waals surface area contributed by atoms with E-state index in [9.17, 15) is 9.59 Å². The fraction of sp³-hybridized carbons (Fsp3) is 0.353. The topological polar surface area (TPSA) is 85.2 Å². The molecule has 0 aliphatic heterocycles. The molecule has 0 aliphatic rings. The number of rotatable bonds is 7. The van der Waals surface area contributed by atoms with Crippen LogP contribution in [0.4, 0.5) is 5.69 Å². The lowest BCUT2D eigenvalue weighted by molar-refractivity contribution is -0.116. The summed E-state index contributed by atoms with van der Waals surface area (Å²) < 4.78 is 6.86. The molecule has 1 aromatic heterocycles. The minimum absolute atomic E-state index is 0.166. The summed E-state index contributed by atoms with van der Waals surface area (Å²) in [7, 11) is 1.71. The van der Waals surface area contributed by atoms with Gasteiger partial charge in [-0.2, -0.15) is 5.10 Å². The molecule has 7 heteroatoms. The van der Waals surface area contributed by atoms with Crippen molar-refractivity contribution < 1.29 is 14.3 Å². The average Bonchev–Trinajstić information content (AvgIpc) is 2.88. The first-order valence-electron chi connectivity index (χ1n) is 7.81. The van der Waals surface area contributed by atoms with Gasteiger partial charge in [-0.1, -0.05) is 0 Å². The van der Waals surface area contributed by atoms with Crippen molar-refractivity contribution in [2.75, 3.05) is 18.5 Å². The third-order valence-electron chi connectivity index (χ3n) is 3.32. The van der Waals surface area contributed by atoms with E-state index in [-0.39, 0.29) is 24.8 Å². The molecular weight excluding hydrogens is 308 g/mol. The summed E-state index contributed by atoms with van der Waals surface area (Å²) in [6, 6.07) is 8.85. The Bertz CT molecular complexity index is 707. The van der Waals surface area contributed by atoms with Crippen LogP contribution in [0.5, 0.6) is 5.75 Å². The molecule has 1 heterocycles. The van der Waals surface area contributed by atoms with Gasteiger partial charge in [-0.15, -0.1) is 0 Å². The van der Waals surface area contributed by atoms with Gasteiger partial charge in [0.15, 0.2) is 0 Å². The Labute approximate surface area is 141 Å². The molecule has 0 unspecified atom stereocenters. The Balaban J connectivity index is 1.76. The van der Waals surface area contributed by atoms with Gasteiger partial charge in [-0.3, -0.25) is 14.3 Å². The lowest BCUT2D eigenvalue weighted by Gasteiger charge is -2.08. The molecule has 1 aromatic carbocycles. The van der Waals surface area contributed by atoms with E-state index in [0.29, 0.717) is 18.0 Å². The van der Waals surface area contributed by atoms with Gasteiger partial charge < -0.3 is 15.4 Å². The molecule has 2 aromatic rings. The SMILES string of the molecule is CCOc1ccc(NC(=O)CCNC(=O)c2cc(C)nn2C)cc1. The van der Waals surface area contributed by atoms with Crippen LogP contribution in [-0.4, -0.2) is 34.7 Å². The van der Waals surface area contributed by atoms with E-state index in [4.69, 9.17) is 4.74 Å². The molecule has 2 amide bonds. The summed E-state index contributed by atoms with van der Waals surface area (Å²) in [6.07, 6.45) is 0.190. The largest absolute Gasteiger partial charge is 0.494 e. The zero-order valence-corrected chi connectivity index (χ0v) is 14.1. The standard InChI is InChI=1S/C17H22N4O3/c1-4-24-14-7-5-13(6-8-14)19-16(22)9-10-18-17(23)15-11-12(2)20-21(15)3/h5-8,11H,4,9-10H2,1-3H3,(H,18,23)(H,19,22). The third kappa shape index (κ3) is 4.84. The van der Waals surface area contributed by atoms with E-state index in [1.165, 1.54) is 4.68 Å². The smallest absolute Gasteiger partial charge is 0.269 e. The van der Waals surface area contributed by atoms with Crippen LogP contribution in [0.1, 0.15) is 29.5 Å². The molecule has 0 bridgehead atoms. The third-order valence-corrected chi connectivity index (χ3v) is 3.32. The van der Waals surface area contributed by atoms with Gasteiger partial charge >= 0.3 is 0 Å². The summed E-state index contributed by atoms with van der Waals surface area (Å²) in [5.41, 5.74) is 1.94. The molecular formula is C17H22N4O3. The second kappa shape index (κ2) is 8.14. The number of carbonyl (C=O) groups is 2. The zero-order valence-electron chi connectivity index (χ0n) is 14.1. The molecule has 0 spiro atoms. The fourth-order valence-electron chi connectivity index (χ4n) is 2.23. The number of aryl methyl sites for hydroxylation is 2. The number of nitrogens with one attached hydrogen (secondary N) is 2. The summed E-state index contributed by atoms with van der Waals surface area (Å²) in [4.78, 5) is 23.9. The average molecular weight is 330 g/mol. The number of benzene rings is 1. The molecule has 0 saturated heterocycles. The van der Waals surface area contributed by atoms with Crippen molar-refractivity contribution >= 4 is 17.5 Å². The summed E-state index contributed by atoms with van der Waals surface area (Å²) in [5.74, 6) is 0.349. The highest BCUT2D eigenvalue weighted by Gasteiger charge is 2.11. The molecule has 128 valence electrons. The van der Waals surface area contributed by atoms with Crippen molar-refractivity contribution in [3.8, 4) is 5.75 Å². The Hall–Kier alpha value is -2.83. The molecule has 0 aliphatic carbocycles. The number of hydrogen-bond acceptors (Lipinski definition) is 4.